The van der Waals surface area contributed by atoms with Crippen molar-refractivity contribution in [3.05, 3.63) is 23.8 Å². The Morgan fingerprint density at radius 2 is 1.86 bits per heavy atom. The van der Waals surface area contributed by atoms with Crippen molar-refractivity contribution in [3.63, 3.8) is 0 Å². The maximum absolute atomic E-state index is 12.2. The number of imide groups is 1. The van der Waals surface area contributed by atoms with E-state index in [1.165, 1.54) is 4.90 Å². The van der Waals surface area contributed by atoms with Gasteiger partial charge in [-0.3, -0.25) is 14.5 Å². The van der Waals surface area contributed by atoms with Crippen molar-refractivity contribution >= 4 is 17.5 Å². The number of nitrogens with zero attached hydrogens (tertiary/aromatic N) is 1. The number of carbonyl (C=O) groups excluding carboxylic acids is 2. The summed E-state index contributed by atoms with van der Waals surface area (Å²) in [5.74, 6) is 0.162. The fourth-order valence-corrected chi connectivity index (χ4v) is 2.59. The lowest BCUT2D eigenvalue weighted by molar-refractivity contribution is -0.132. The zero-order valence-electron chi connectivity index (χ0n) is 12.7. The number of hydrogen-bond donors (Lipinski definition) is 1. The van der Waals surface area contributed by atoms with Gasteiger partial charge in [-0.05, 0) is 30.5 Å². The number of aliphatic hydroxyl groups is 1. The van der Waals surface area contributed by atoms with Crippen LogP contribution in [0, 0.1) is 5.41 Å². The summed E-state index contributed by atoms with van der Waals surface area (Å²) in [5.41, 5.74) is 0.767. The van der Waals surface area contributed by atoms with Crippen LogP contribution < -0.4 is 9.64 Å². The number of amides is 2. The predicted octanol–water partition coefficient (Wildman–Crippen LogP) is 2.26. The van der Waals surface area contributed by atoms with E-state index in [1.807, 2.05) is 20.8 Å². The van der Waals surface area contributed by atoms with E-state index in [1.54, 1.807) is 18.2 Å². The van der Waals surface area contributed by atoms with Gasteiger partial charge in [0, 0.05) is 18.4 Å². The van der Waals surface area contributed by atoms with Gasteiger partial charge < -0.3 is 9.84 Å². The Morgan fingerprint density at radius 1 is 1.24 bits per heavy atom. The van der Waals surface area contributed by atoms with Crippen molar-refractivity contribution in [1.29, 1.82) is 0 Å². The molecule has 1 heterocycles. The molecule has 0 aliphatic carbocycles. The lowest BCUT2D eigenvalue weighted by Gasteiger charge is -2.34. The fourth-order valence-electron chi connectivity index (χ4n) is 2.59. The Hall–Kier alpha value is -1.88. The lowest BCUT2D eigenvalue weighted by atomic mass is 9.81. The van der Waals surface area contributed by atoms with E-state index in [2.05, 4.69) is 0 Å². The highest BCUT2D eigenvalue weighted by atomic mass is 16.5. The lowest BCUT2D eigenvalue weighted by Crippen LogP contribution is -2.46. The molecule has 0 aromatic heterocycles. The Kier molecular flexibility index (Phi) is 4.32. The first kappa shape index (κ1) is 15.5. The summed E-state index contributed by atoms with van der Waals surface area (Å²) in [4.78, 5) is 25.7. The molecule has 1 saturated heterocycles. The summed E-state index contributed by atoms with van der Waals surface area (Å²) in [7, 11) is 0. The molecular formula is C16H21NO4. The first-order chi connectivity index (χ1) is 9.88. The van der Waals surface area contributed by atoms with E-state index in [-0.39, 0.29) is 23.8 Å². The highest BCUT2D eigenvalue weighted by molar-refractivity contribution is 6.17. The third-order valence-electron chi connectivity index (χ3n) is 3.53. The summed E-state index contributed by atoms with van der Waals surface area (Å²) < 4.78 is 5.41. The standard InChI is InChI=1S/C16H21NO4/c1-4-21-13-6-5-12(7-11(13)10-18)17-14(19)8-16(2,3)9-15(17)20/h5-7,18H,4,8-10H2,1-3H3. The van der Waals surface area contributed by atoms with Crippen LogP contribution in [0.15, 0.2) is 18.2 Å². The first-order valence-electron chi connectivity index (χ1n) is 7.10. The molecule has 1 aliphatic rings. The van der Waals surface area contributed by atoms with Gasteiger partial charge in [-0.15, -0.1) is 0 Å². The SMILES string of the molecule is CCOc1ccc(N2C(=O)CC(C)(C)CC2=O)cc1CO. The average molecular weight is 291 g/mol. The molecule has 2 amide bonds. The second-order valence-corrected chi connectivity index (χ2v) is 6.02. The average Bonchev–Trinajstić information content (AvgIpc) is 2.38. The normalized spacial score (nSPS) is 18.0. The van der Waals surface area contributed by atoms with Crippen LogP contribution in [0.25, 0.3) is 0 Å². The highest BCUT2D eigenvalue weighted by Gasteiger charge is 2.38. The van der Waals surface area contributed by atoms with Crippen LogP contribution in [0.4, 0.5) is 5.69 Å². The molecule has 1 aliphatic heterocycles. The molecule has 5 heteroatoms. The second-order valence-electron chi connectivity index (χ2n) is 6.02. The smallest absolute Gasteiger partial charge is 0.234 e. The molecule has 5 nitrogen and oxygen atoms in total. The molecule has 1 aromatic rings. The highest BCUT2D eigenvalue weighted by Crippen LogP contribution is 2.35. The molecule has 0 saturated carbocycles. The van der Waals surface area contributed by atoms with Gasteiger partial charge in [0.1, 0.15) is 5.75 Å². The van der Waals surface area contributed by atoms with Crippen LogP contribution in [0.1, 0.15) is 39.2 Å². The maximum atomic E-state index is 12.2. The Morgan fingerprint density at radius 3 is 2.38 bits per heavy atom. The van der Waals surface area contributed by atoms with Crippen molar-refractivity contribution in [2.45, 2.75) is 40.2 Å². The van der Waals surface area contributed by atoms with Crippen molar-refractivity contribution in [2.75, 3.05) is 11.5 Å². The summed E-state index contributed by atoms with van der Waals surface area (Å²) in [5, 5.41) is 9.41. The van der Waals surface area contributed by atoms with Crippen molar-refractivity contribution in [3.8, 4) is 5.75 Å². The molecule has 0 radical (unpaired) electrons. The van der Waals surface area contributed by atoms with Crippen molar-refractivity contribution in [2.24, 2.45) is 5.41 Å². The molecule has 21 heavy (non-hydrogen) atoms. The zero-order valence-corrected chi connectivity index (χ0v) is 12.7. The molecule has 0 atom stereocenters. The van der Waals surface area contributed by atoms with E-state index in [0.29, 0.717) is 36.4 Å². The van der Waals surface area contributed by atoms with Gasteiger partial charge in [0.25, 0.3) is 0 Å². The van der Waals surface area contributed by atoms with Crippen LogP contribution in [0.3, 0.4) is 0 Å². The van der Waals surface area contributed by atoms with Crippen LogP contribution in [0.2, 0.25) is 0 Å². The van der Waals surface area contributed by atoms with Gasteiger partial charge in [-0.2, -0.15) is 0 Å². The minimum Gasteiger partial charge on any atom is -0.494 e. The predicted molar refractivity (Wildman–Crippen MR) is 79.0 cm³/mol. The molecular weight excluding hydrogens is 270 g/mol. The third kappa shape index (κ3) is 3.24. The van der Waals surface area contributed by atoms with Crippen molar-refractivity contribution < 1.29 is 19.4 Å². The van der Waals surface area contributed by atoms with Crippen LogP contribution in [-0.4, -0.2) is 23.5 Å². The molecule has 0 unspecified atom stereocenters. The van der Waals surface area contributed by atoms with Crippen molar-refractivity contribution in [1.82, 2.24) is 0 Å². The third-order valence-corrected chi connectivity index (χ3v) is 3.53. The number of ether oxygens (including phenoxy) is 1. The Balaban J connectivity index is 2.33. The number of hydrogen-bond acceptors (Lipinski definition) is 4. The summed E-state index contributed by atoms with van der Waals surface area (Å²) in [6.07, 6.45) is 0.667. The summed E-state index contributed by atoms with van der Waals surface area (Å²) in [6, 6.07) is 5.00. The van der Waals surface area contributed by atoms with Crippen LogP contribution in [-0.2, 0) is 16.2 Å². The number of anilines is 1. The number of aliphatic hydroxyl groups excluding tert-OH is 1. The molecule has 0 bridgehead atoms. The van der Waals surface area contributed by atoms with Crippen LogP contribution in [0.5, 0.6) is 5.75 Å². The van der Waals surface area contributed by atoms with Gasteiger partial charge in [0.15, 0.2) is 0 Å². The van der Waals surface area contributed by atoms with E-state index >= 15 is 0 Å². The first-order valence-corrected chi connectivity index (χ1v) is 7.10. The van der Waals surface area contributed by atoms with Gasteiger partial charge in [0.05, 0.1) is 18.9 Å². The molecule has 2 rings (SSSR count). The molecule has 0 spiro atoms. The quantitative estimate of drug-likeness (QED) is 0.864. The maximum Gasteiger partial charge on any atom is 0.234 e. The number of piperidine rings is 1. The van der Waals surface area contributed by atoms with Gasteiger partial charge in [-0.25, -0.2) is 0 Å². The molecule has 1 aromatic carbocycles. The van der Waals surface area contributed by atoms with E-state index in [0.717, 1.165) is 0 Å². The number of carbonyl (C=O) groups is 2. The van der Waals surface area contributed by atoms with Gasteiger partial charge >= 0.3 is 0 Å². The molecule has 1 fully saturated rings. The van der Waals surface area contributed by atoms with E-state index in [4.69, 9.17) is 4.74 Å². The molecule has 114 valence electrons. The molecule has 1 N–H and O–H groups in total. The second kappa shape index (κ2) is 5.85. The number of rotatable bonds is 4. The number of benzene rings is 1. The Labute approximate surface area is 124 Å². The largest absolute Gasteiger partial charge is 0.494 e. The Bertz CT molecular complexity index is 545. The summed E-state index contributed by atoms with van der Waals surface area (Å²) >= 11 is 0. The zero-order chi connectivity index (χ0) is 15.6. The fraction of sp³-hybridized carbons (Fsp3) is 0.500. The topological polar surface area (TPSA) is 66.8 Å². The summed E-state index contributed by atoms with van der Waals surface area (Å²) in [6.45, 7) is 5.97. The minimum absolute atomic E-state index is 0.203. The minimum atomic E-state index is -0.296. The van der Waals surface area contributed by atoms with E-state index < -0.39 is 0 Å². The van der Waals surface area contributed by atoms with E-state index in [9.17, 15) is 14.7 Å². The van der Waals surface area contributed by atoms with Crippen LogP contribution >= 0.6 is 0 Å². The van der Waals surface area contributed by atoms with Gasteiger partial charge in [-0.1, -0.05) is 13.8 Å². The monoisotopic (exact) mass is 291 g/mol. The van der Waals surface area contributed by atoms with Gasteiger partial charge in [0.2, 0.25) is 11.8 Å².